The van der Waals surface area contributed by atoms with Crippen molar-refractivity contribution < 1.29 is 15.0 Å². The first kappa shape index (κ1) is 62.6. The van der Waals surface area contributed by atoms with Crippen molar-refractivity contribution in [2.24, 2.45) is 0 Å². The molecule has 4 nitrogen and oxygen atoms in total. The van der Waals surface area contributed by atoms with Crippen LogP contribution < -0.4 is 5.32 Å². The summed E-state index contributed by atoms with van der Waals surface area (Å²) in [5.74, 6) is -0.0714. The number of carbonyl (C=O) groups is 1. The third-order valence-corrected chi connectivity index (χ3v) is 13.6. The number of rotatable bonds is 54. The summed E-state index contributed by atoms with van der Waals surface area (Å²) in [6.45, 7) is 4.33. The van der Waals surface area contributed by atoms with E-state index in [2.05, 4.69) is 43.5 Å². The molecule has 4 heteroatoms. The summed E-state index contributed by atoms with van der Waals surface area (Å²) in [4.78, 5) is 12.5. The monoisotopic (exact) mass is 898 g/mol. The molecule has 1 amide bonds. The lowest BCUT2D eigenvalue weighted by atomic mass is 10.0. The molecule has 0 saturated heterocycles. The third-order valence-electron chi connectivity index (χ3n) is 13.6. The molecule has 2 atom stereocenters. The molecule has 0 aromatic rings. The van der Waals surface area contributed by atoms with Gasteiger partial charge in [-0.05, 0) is 44.9 Å². The molecular formula is C60H115NO3. The highest BCUT2D eigenvalue weighted by molar-refractivity contribution is 5.76. The second kappa shape index (κ2) is 55.9. The minimum atomic E-state index is -0.869. The molecule has 0 aromatic carbocycles. The predicted octanol–water partition coefficient (Wildman–Crippen LogP) is 19.3. The quantitative estimate of drug-likeness (QED) is 0.0421. The summed E-state index contributed by atoms with van der Waals surface area (Å²) in [7, 11) is 0. The Morgan fingerprint density at radius 2 is 0.609 bits per heavy atom. The molecule has 0 spiro atoms. The van der Waals surface area contributed by atoms with Crippen LogP contribution in [0.4, 0.5) is 0 Å². The van der Waals surface area contributed by atoms with E-state index in [-0.39, 0.29) is 12.5 Å². The highest BCUT2D eigenvalue weighted by Gasteiger charge is 2.18. The molecule has 378 valence electrons. The second-order valence-corrected chi connectivity index (χ2v) is 20.1. The van der Waals surface area contributed by atoms with E-state index in [0.29, 0.717) is 6.42 Å². The van der Waals surface area contributed by atoms with Crippen molar-refractivity contribution in [1.29, 1.82) is 0 Å². The standard InChI is InChI=1S/C60H115NO3/c1-3-5-7-9-11-13-15-17-19-21-23-25-27-28-29-30-31-32-34-36-38-40-42-44-46-48-50-52-54-56-60(64)61-58(57-62)59(63)55-53-51-49-47-45-43-41-39-37-35-33-26-24-22-20-18-16-14-12-10-8-6-4-2/h37,39,45,47,53,55,58-59,62-63H,3-36,38,40-44,46,48-52,54,56-57H2,1-2H3,(H,61,64)/b39-37+,47-45+,55-53+. The molecule has 0 saturated carbocycles. The average molecular weight is 899 g/mol. The van der Waals surface area contributed by atoms with Gasteiger partial charge >= 0.3 is 0 Å². The maximum absolute atomic E-state index is 12.5. The molecule has 0 aliphatic rings. The Balaban J connectivity index is 3.50. The summed E-state index contributed by atoms with van der Waals surface area (Å²) in [5, 5.41) is 23.2. The fraction of sp³-hybridized carbons (Fsp3) is 0.883. The van der Waals surface area contributed by atoms with Crippen molar-refractivity contribution in [3.05, 3.63) is 36.5 Å². The van der Waals surface area contributed by atoms with E-state index in [1.165, 1.54) is 263 Å². The van der Waals surface area contributed by atoms with Gasteiger partial charge in [-0.15, -0.1) is 0 Å². The van der Waals surface area contributed by atoms with Crippen molar-refractivity contribution >= 4 is 5.91 Å². The van der Waals surface area contributed by atoms with Crippen LogP contribution in [0.15, 0.2) is 36.5 Å². The Hall–Kier alpha value is -1.39. The van der Waals surface area contributed by atoms with Crippen LogP contribution in [0, 0.1) is 0 Å². The topological polar surface area (TPSA) is 69.6 Å². The van der Waals surface area contributed by atoms with E-state index in [4.69, 9.17) is 0 Å². The number of unbranched alkanes of at least 4 members (excludes halogenated alkanes) is 43. The van der Waals surface area contributed by atoms with Gasteiger partial charge in [0.1, 0.15) is 0 Å². The molecule has 0 rings (SSSR count). The van der Waals surface area contributed by atoms with Crippen molar-refractivity contribution in [3.8, 4) is 0 Å². The number of hydrogen-bond donors (Lipinski definition) is 3. The van der Waals surface area contributed by atoms with Crippen molar-refractivity contribution in [1.82, 2.24) is 5.32 Å². The molecule has 0 aliphatic heterocycles. The summed E-state index contributed by atoms with van der Waals surface area (Å²) < 4.78 is 0. The zero-order valence-corrected chi connectivity index (χ0v) is 43.6. The van der Waals surface area contributed by atoms with Crippen LogP contribution >= 0.6 is 0 Å². The van der Waals surface area contributed by atoms with Crippen LogP contribution in [0.2, 0.25) is 0 Å². The lowest BCUT2D eigenvalue weighted by Crippen LogP contribution is -2.45. The molecule has 3 N–H and O–H groups in total. The Morgan fingerprint density at radius 3 is 0.906 bits per heavy atom. The SMILES string of the molecule is CCCCCCCCCCCCCCC/C=C/CC/C=C/CC/C=C/C(O)C(CO)NC(=O)CCCCCCCCCCCCCCCCCCCCCCCCCCCCCCC. The van der Waals surface area contributed by atoms with E-state index >= 15 is 0 Å². The highest BCUT2D eigenvalue weighted by Crippen LogP contribution is 2.18. The van der Waals surface area contributed by atoms with Gasteiger partial charge in [0.25, 0.3) is 0 Å². The molecular weight excluding hydrogens is 783 g/mol. The number of allylic oxidation sites excluding steroid dienone is 5. The number of aliphatic hydroxyl groups is 2. The maximum atomic E-state index is 12.5. The molecule has 0 bridgehead atoms. The van der Waals surface area contributed by atoms with Crippen molar-refractivity contribution in [2.75, 3.05) is 6.61 Å². The number of amides is 1. The Morgan fingerprint density at radius 1 is 0.359 bits per heavy atom. The van der Waals surface area contributed by atoms with Gasteiger partial charge in [0.15, 0.2) is 0 Å². The lowest BCUT2D eigenvalue weighted by Gasteiger charge is -2.19. The molecule has 64 heavy (non-hydrogen) atoms. The molecule has 0 heterocycles. The van der Waals surface area contributed by atoms with Crippen LogP contribution in [0.5, 0.6) is 0 Å². The van der Waals surface area contributed by atoms with Gasteiger partial charge in [-0.25, -0.2) is 0 Å². The average Bonchev–Trinajstić information content (AvgIpc) is 3.30. The molecule has 0 radical (unpaired) electrons. The Labute approximate surface area is 402 Å². The van der Waals surface area contributed by atoms with E-state index < -0.39 is 12.1 Å². The van der Waals surface area contributed by atoms with E-state index in [1.807, 2.05) is 6.08 Å². The summed E-state index contributed by atoms with van der Waals surface area (Å²) >= 11 is 0. The molecule has 2 unspecified atom stereocenters. The van der Waals surface area contributed by atoms with Crippen molar-refractivity contribution in [3.63, 3.8) is 0 Å². The summed E-state index contributed by atoms with van der Waals surface area (Å²) in [6.07, 6.45) is 76.1. The number of hydrogen-bond acceptors (Lipinski definition) is 3. The van der Waals surface area contributed by atoms with Crippen LogP contribution in [-0.4, -0.2) is 34.9 Å². The number of nitrogens with one attached hydrogen (secondary N) is 1. The predicted molar refractivity (Wildman–Crippen MR) is 285 cm³/mol. The van der Waals surface area contributed by atoms with E-state index in [1.54, 1.807) is 6.08 Å². The zero-order chi connectivity index (χ0) is 46.3. The molecule has 0 aliphatic carbocycles. The molecule has 0 aromatic heterocycles. The zero-order valence-electron chi connectivity index (χ0n) is 43.6. The van der Waals surface area contributed by atoms with Gasteiger partial charge in [0, 0.05) is 6.42 Å². The van der Waals surface area contributed by atoms with Gasteiger partial charge in [0.05, 0.1) is 18.8 Å². The number of aliphatic hydroxyl groups excluding tert-OH is 2. The third kappa shape index (κ3) is 51.6. The second-order valence-electron chi connectivity index (χ2n) is 20.1. The van der Waals surface area contributed by atoms with Gasteiger partial charge in [-0.2, -0.15) is 0 Å². The number of carbonyl (C=O) groups excluding carboxylic acids is 1. The molecule has 0 fully saturated rings. The first-order valence-electron chi connectivity index (χ1n) is 29.2. The fourth-order valence-electron chi connectivity index (χ4n) is 9.16. The minimum Gasteiger partial charge on any atom is -0.394 e. The van der Waals surface area contributed by atoms with Crippen LogP contribution in [0.3, 0.4) is 0 Å². The first-order chi connectivity index (χ1) is 31.7. The van der Waals surface area contributed by atoms with Crippen molar-refractivity contribution in [2.45, 2.75) is 334 Å². The van der Waals surface area contributed by atoms with E-state index in [0.717, 1.165) is 38.5 Å². The normalized spacial score (nSPS) is 13.0. The minimum absolute atomic E-state index is 0.0714. The fourth-order valence-corrected chi connectivity index (χ4v) is 9.16. The van der Waals surface area contributed by atoms with Gasteiger partial charge < -0.3 is 15.5 Å². The van der Waals surface area contributed by atoms with Gasteiger partial charge in [-0.1, -0.05) is 307 Å². The first-order valence-corrected chi connectivity index (χ1v) is 29.2. The highest BCUT2D eigenvalue weighted by atomic mass is 16.3. The van der Waals surface area contributed by atoms with Gasteiger partial charge in [0.2, 0.25) is 5.91 Å². The van der Waals surface area contributed by atoms with Crippen LogP contribution in [-0.2, 0) is 4.79 Å². The smallest absolute Gasteiger partial charge is 0.220 e. The summed E-state index contributed by atoms with van der Waals surface area (Å²) in [5.41, 5.74) is 0. The van der Waals surface area contributed by atoms with Crippen LogP contribution in [0.1, 0.15) is 322 Å². The Bertz CT molecular complexity index is 974. The Kier molecular flexibility index (Phi) is 54.7. The largest absolute Gasteiger partial charge is 0.394 e. The van der Waals surface area contributed by atoms with Gasteiger partial charge in [-0.3, -0.25) is 4.79 Å². The summed E-state index contributed by atoms with van der Waals surface area (Å²) in [6, 6.07) is -0.644. The lowest BCUT2D eigenvalue weighted by molar-refractivity contribution is -0.123. The maximum Gasteiger partial charge on any atom is 0.220 e. The van der Waals surface area contributed by atoms with Crippen LogP contribution in [0.25, 0.3) is 0 Å². The van der Waals surface area contributed by atoms with E-state index in [9.17, 15) is 15.0 Å².